The van der Waals surface area contributed by atoms with Gasteiger partial charge in [-0.2, -0.15) is 0 Å². The maximum atomic E-state index is 11.6. The first-order chi connectivity index (χ1) is 13.2. The predicted molar refractivity (Wildman–Crippen MR) is 104 cm³/mol. The van der Waals surface area contributed by atoms with Gasteiger partial charge >= 0.3 is 0 Å². The molecule has 0 saturated heterocycles. The van der Waals surface area contributed by atoms with Crippen molar-refractivity contribution in [3.05, 3.63) is 64.1 Å². The fourth-order valence-electron chi connectivity index (χ4n) is 3.26. The van der Waals surface area contributed by atoms with Crippen LogP contribution in [0.1, 0.15) is 30.0 Å². The maximum absolute atomic E-state index is 11.6. The number of anilines is 1. The van der Waals surface area contributed by atoms with E-state index in [2.05, 4.69) is 17.2 Å². The van der Waals surface area contributed by atoms with Gasteiger partial charge in [0.2, 0.25) is 10.0 Å². The van der Waals surface area contributed by atoms with Gasteiger partial charge in [-0.3, -0.25) is 10.1 Å². The molecule has 0 aliphatic heterocycles. The molecule has 2 aromatic heterocycles. The second-order valence-electron chi connectivity index (χ2n) is 7.04. The minimum atomic E-state index is -4.18. The number of hydrogen-bond donors (Lipinski definition) is 1. The molecule has 0 unspecified atom stereocenters. The van der Waals surface area contributed by atoms with Crippen LogP contribution in [-0.4, -0.2) is 29.8 Å². The average molecular weight is 401 g/mol. The van der Waals surface area contributed by atoms with Gasteiger partial charge < -0.3 is 9.30 Å². The van der Waals surface area contributed by atoms with Crippen LogP contribution in [0, 0.1) is 10.1 Å². The van der Waals surface area contributed by atoms with Crippen molar-refractivity contribution in [2.75, 3.05) is 11.9 Å². The van der Waals surface area contributed by atoms with E-state index in [0.29, 0.717) is 18.2 Å². The van der Waals surface area contributed by atoms with Crippen LogP contribution < -0.4 is 10.0 Å². The summed E-state index contributed by atoms with van der Waals surface area (Å²) in [6, 6.07) is 7.95. The topological polar surface area (TPSA) is 124 Å². The zero-order valence-corrected chi connectivity index (χ0v) is 16.0. The Kier molecular flexibility index (Phi) is 4.31. The molecule has 2 N–H and O–H groups in total. The summed E-state index contributed by atoms with van der Waals surface area (Å²) in [5.41, 5.74) is 2.89. The minimum Gasteiger partial charge on any atom is -0.368 e. The Hall–Kier alpha value is -2.98. The Morgan fingerprint density at radius 3 is 2.68 bits per heavy atom. The normalized spacial score (nSPS) is 14.4. The summed E-state index contributed by atoms with van der Waals surface area (Å²) < 4.78 is 25.1. The molecule has 1 aliphatic rings. The maximum Gasteiger partial charge on any atom is 0.291 e. The molecule has 3 aromatic rings. The van der Waals surface area contributed by atoms with E-state index < -0.39 is 25.5 Å². The van der Waals surface area contributed by atoms with Gasteiger partial charge in [0.05, 0.1) is 17.2 Å². The molecule has 1 aromatic carbocycles. The average Bonchev–Trinajstić information content (AvgIpc) is 3.40. The molecule has 4 rings (SSSR count). The standard InChI is InChI=1S/C18H19N5O4S/c1-21(15-5-6-17(28(19,26)27)16(8-15)23(24)25)10-14-11-22-9-13(12-2-3-12)4-7-18(22)20-14/h4-9,11-12H,2-3,10H2,1H3,(H2,19,26,27). The number of nitrogens with zero attached hydrogens (tertiary/aromatic N) is 4. The molecule has 9 nitrogen and oxygen atoms in total. The smallest absolute Gasteiger partial charge is 0.291 e. The van der Waals surface area contributed by atoms with Crippen molar-refractivity contribution in [2.24, 2.45) is 5.14 Å². The predicted octanol–water partition coefficient (Wildman–Crippen LogP) is 2.40. The lowest BCUT2D eigenvalue weighted by atomic mass is 10.2. The van der Waals surface area contributed by atoms with Gasteiger partial charge in [0, 0.05) is 31.2 Å². The fourth-order valence-corrected chi connectivity index (χ4v) is 3.94. The highest BCUT2D eigenvalue weighted by Gasteiger charge is 2.25. The molecular formula is C18H19N5O4S. The number of benzene rings is 1. The Labute approximate surface area is 161 Å². The summed E-state index contributed by atoms with van der Waals surface area (Å²) in [5, 5.41) is 16.3. The Balaban J connectivity index is 1.61. The van der Waals surface area contributed by atoms with Crippen molar-refractivity contribution in [1.82, 2.24) is 9.38 Å². The molecule has 2 heterocycles. The molecule has 1 aliphatic carbocycles. The Bertz CT molecular complexity index is 1180. The van der Waals surface area contributed by atoms with Gasteiger partial charge in [-0.1, -0.05) is 6.07 Å². The van der Waals surface area contributed by atoms with E-state index in [-0.39, 0.29) is 0 Å². The van der Waals surface area contributed by atoms with E-state index in [4.69, 9.17) is 5.14 Å². The number of sulfonamides is 1. The summed E-state index contributed by atoms with van der Waals surface area (Å²) in [6.07, 6.45) is 6.48. The monoisotopic (exact) mass is 401 g/mol. The van der Waals surface area contributed by atoms with E-state index in [1.807, 2.05) is 16.7 Å². The number of aromatic nitrogens is 2. The molecule has 0 spiro atoms. The molecule has 146 valence electrons. The minimum absolute atomic E-state index is 0.409. The lowest BCUT2D eigenvalue weighted by Gasteiger charge is -2.18. The molecule has 0 radical (unpaired) electrons. The van der Waals surface area contributed by atoms with Gasteiger partial charge in [-0.25, -0.2) is 18.5 Å². The summed E-state index contributed by atoms with van der Waals surface area (Å²) in [4.78, 5) is 16.4. The Morgan fingerprint density at radius 2 is 2.04 bits per heavy atom. The van der Waals surface area contributed by atoms with Crippen molar-refractivity contribution in [3.63, 3.8) is 0 Å². The second-order valence-corrected chi connectivity index (χ2v) is 8.57. The highest BCUT2D eigenvalue weighted by Crippen LogP contribution is 2.39. The molecule has 10 heteroatoms. The van der Waals surface area contributed by atoms with Crippen molar-refractivity contribution >= 4 is 27.0 Å². The summed E-state index contributed by atoms with van der Waals surface area (Å²) >= 11 is 0. The number of imidazole rings is 1. The molecule has 1 fully saturated rings. The van der Waals surface area contributed by atoms with Crippen LogP contribution in [-0.2, 0) is 16.6 Å². The first-order valence-electron chi connectivity index (χ1n) is 8.72. The van der Waals surface area contributed by atoms with E-state index in [1.165, 1.54) is 30.5 Å². The van der Waals surface area contributed by atoms with Gasteiger partial charge in [-0.15, -0.1) is 0 Å². The number of pyridine rings is 1. The van der Waals surface area contributed by atoms with Crippen LogP contribution in [0.3, 0.4) is 0 Å². The first-order valence-corrected chi connectivity index (χ1v) is 10.3. The number of fused-ring (bicyclic) bond motifs is 1. The van der Waals surface area contributed by atoms with Crippen molar-refractivity contribution in [3.8, 4) is 0 Å². The third-order valence-electron chi connectivity index (χ3n) is 4.86. The lowest BCUT2D eigenvalue weighted by molar-refractivity contribution is -0.387. The number of nitro benzene ring substituents is 1. The molecule has 28 heavy (non-hydrogen) atoms. The SMILES string of the molecule is CN(Cc1cn2cc(C3CC3)ccc2n1)c1ccc(S(N)(=O)=O)c([N+](=O)[O-])c1. The van der Waals surface area contributed by atoms with Gasteiger partial charge in [0.25, 0.3) is 5.69 Å². The number of nitrogens with two attached hydrogens (primary N) is 1. The first kappa shape index (κ1) is 18.4. The second kappa shape index (κ2) is 6.57. The van der Waals surface area contributed by atoms with Gasteiger partial charge in [0.1, 0.15) is 5.65 Å². The highest BCUT2D eigenvalue weighted by atomic mass is 32.2. The fraction of sp³-hybridized carbons (Fsp3) is 0.278. The van der Waals surface area contributed by atoms with Crippen LogP contribution >= 0.6 is 0 Å². The van der Waals surface area contributed by atoms with Crippen molar-refractivity contribution in [1.29, 1.82) is 0 Å². The molecule has 0 atom stereocenters. The third kappa shape index (κ3) is 3.56. The van der Waals surface area contributed by atoms with E-state index in [9.17, 15) is 18.5 Å². The number of primary sulfonamides is 1. The number of nitro groups is 1. The van der Waals surface area contributed by atoms with Crippen molar-refractivity contribution in [2.45, 2.75) is 30.2 Å². The zero-order chi connectivity index (χ0) is 20.1. The van der Waals surface area contributed by atoms with Crippen LogP contribution in [0.25, 0.3) is 5.65 Å². The van der Waals surface area contributed by atoms with Gasteiger partial charge in [-0.05, 0) is 42.5 Å². The molecule has 1 saturated carbocycles. The third-order valence-corrected chi connectivity index (χ3v) is 5.82. The highest BCUT2D eigenvalue weighted by molar-refractivity contribution is 7.89. The summed E-state index contributed by atoms with van der Waals surface area (Å²) in [6.45, 7) is 0.409. The van der Waals surface area contributed by atoms with Crippen LogP contribution in [0.4, 0.5) is 11.4 Å². The van der Waals surface area contributed by atoms with E-state index in [0.717, 1.165) is 17.4 Å². The zero-order valence-electron chi connectivity index (χ0n) is 15.1. The quantitative estimate of drug-likeness (QED) is 0.500. The van der Waals surface area contributed by atoms with E-state index in [1.54, 1.807) is 11.9 Å². The van der Waals surface area contributed by atoms with E-state index >= 15 is 0 Å². The molecular weight excluding hydrogens is 382 g/mol. The van der Waals surface area contributed by atoms with Gasteiger partial charge in [0.15, 0.2) is 4.90 Å². The van der Waals surface area contributed by atoms with Crippen molar-refractivity contribution < 1.29 is 13.3 Å². The molecule has 0 amide bonds. The number of hydrogen-bond acceptors (Lipinski definition) is 6. The largest absolute Gasteiger partial charge is 0.368 e. The lowest BCUT2D eigenvalue weighted by Crippen LogP contribution is -2.18. The summed E-state index contributed by atoms with van der Waals surface area (Å²) in [5.74, 6) is 0.649. The van der Waals surface area contributed by atoms with Crippen LogP contribution in [0.2, 0.25) is 0 Å². The Morgan fingerprint density at radius 1 is 1.29 bits per heavy atom. The molecule has 0 bridgehead atoms. The van der Waals surface area contributed by atoms with Crippen LogP contribution in [0.15, 0.2) is 47.6 Å². The summed E-state index contributed by atoms with van der Waals surface area (Å²) in [7, 11) is -2.42. The van der Waals surface area contributed by atoms with Crippen LogP contribution in [0.5, 0.6) is 0 Å². The number of rotatable bonds is 6.